The van der Waals surface area contributed by atoms with Gasteiger partial charge in [-0.15, -0.1) is 0 Å². The van der Waals surface area contributed by atoms with E-state index in [1.807, 2.05) is 26.0 Å². The van der Waals surface area contributed by atoms with Gasteiger partial charge in [0.15, 0.2) is 0 Å². The lowest BCUT2D eigenvalue weighted by molar-refractivity contribution is -0.141. The van der Waals surface area contributed by atoms with Crippen LogP contribution in [0.2, 0.25) is 0 Å². The van der Waals surface area contributed by atoms with E-state index in [0.29, 0.717) is 5.56 Å². The highest BCUT2D eigenvalue weighted by atomic mass is 16.4. The Labute approximate surface area is 88.3 Å². The Morgan fingerprint density at radius 1 is 1.40 bits per heavy atom. The molecule has 0 spiro atoms. The van der Waals surface area contributed by atoms with Crippen molar-refractivity contribution in [3.63, 3.8) is 0 Å². The molecule has 0 aliphatic heterocycles. The third-order valence-corrected chi connectivity index (χ3v) is 2.38. The van der Waals surface area contributed by atoms with E-state index < -0.39 is 18.1 Å². The standard InChI is InChI=1S/C11H15NO3/c1-6-3-4-7(2)8(5-6)10(13)9(12)11(14)15/h3-5,9-10,13H,12H2,1-2H3,(H,14,15). The van der Waals surface area contributed by atoms with E-state index in [1.165, 1.54) is 0 Å². The molecule has 2 atom stereocenters. The zero-order valence-corrected chi connectivity index (χ0v) is 8.77. The minimum Gasteiger partial charge on any atom is -0.480 e. The van der Waals surface area contributed by atoms with Gasteiger partial charge in [0.25, 0.3) is 0 Å². The maximum Gasteiger partial charge on any atom is 0.323 e. The number of aliphatic carboxylic acids is 1. The summed E-state index contributed by atoms with van der Waals surface area (Å²) in [6.45, 7) is 3.69. The molecule has 1 aromatic rings. The SMILES string of the molecule is Cc1ccc(C)c(C(O)C(N)C(=O)O)c1. The van der Waals surface area contributed by atoms with Crippen LogP contribution in [-0.4, -0.2) is 22.2 Å². The molecule has 4 nitrogen and oxygen atoms in total. The lowest BCUT2D eigenvalue weighted by atomic mass is 9.96. The van der Waals surface area contributed by atoms with Crippen molar-refractivity contribution in [3.05, 3.63) is 34.9 Å². The number of hydrogen-bond donors (Lipinski definition) is 3. The topological polar surface area (TPSA) is 83.5 Å². The number of hydrogen-bond acceptors (Lipinski definition) is 3. The monoisotopic (exact) mass is 209 g/mol. The smallest absolute Gasteiger partial charge is 0.323 e. The number of aryl methyl sites for hydroxylation is 2. The second-order valence-corrected chi connectivity index (χ2v) is 3.67. The quantitative estimate of drug-likeness (QED) is 0.686. The minimum absolute atomic E-state index is 0.574. The Kier molecular flexibility index (Phi) is 3.44. The van der Waals surface area contributed by atoms with Crippen molar-refractivity contribution < 1.29 is 15.0 Å². The molecule has 4 heteroatoms. The molecule has 2 unspecified atom stereocenters. The van der Waals surface area contributed by atoms with Crippen LogP contribution in [0.1, 0.15) is 22.8 Å². The van der Waals surface area contributed by atoms with E-state index in [0.717, 1.165) is 11.1 Å². The molecule has 0 amide bonds. The Bertz CT molecular complexity index is 376. The number of aliphatic hydroxyl groups excluding tert-OH is 1. The largest absolute Gasteiger partial charge is 0.480 e. The van der Waals surface area contributed by atoms with Gasteiger partial charge in [0.2, 0.25) is 0 Å². The third kappa shape index (κ3) is 2.55. The zero-order chi connectivity index (χ0) is 11.6. The van der Waals surface area contributed by atoms with E-state index in [9.17, 15) is 9.90 Å². The fourth-order valence-electron chi connectivity index (χ4n) is 1.41. The van der Waals surface area contributed by atoms with Crippen LogP contribution in [0.25, 0.3) is 0 Å². The predicted molar refractivity (Wildman–Crippen MR) is 56.5 cm³/mol. The van der Waals surface area contributed by atoms with E-state index in [-0.39, 0.29) is 0 Å². The Hall–Kier alpha value is -1.39. The van der Waals surface area contributed by atoms with Crippen molar-refractivity contribution in [1.29, 1.82) is 0 Å². The predicted octanol–water partition coefficient (Wildman–Crippen LogP) is 0.749. The van der Waals surface area contributed by atoms with Crippen molar-refractivity contribution in [2.45, 2.75) is 26.0 Å². The molecular weight excluding hydrogens is 194 g/mol. The summed E-state index contributed by atoms with van der Waals surface area (Å²) in [4.78, 5) is 10.6. The number of aliphatic hydroxyl groups is 1. The molecule has 0 aliphatic carbocycles. The lowest BCUT2D eigenvalue weighted by Crippen LogP contribution is -2.36. The van der Waals surface area contributed by atoms with Crippen LogP contribution in [0.3, 0.4) is 0 Å². The summed E-state index contributed by atoms with van der Waals surface area (Å²) in [5, 5.41) is 18.4. The van der Waals surface area contributed by atoms with Gasteiger partial charge in [-0.3, -0.25) is 4.79 Å². The van der Waals surface area contributed by atoms with Gasteiger partial charge in [-0.2, -0.15) is 0 Å². The van der Waals surface area contributed by atoms with Gasteiger partial charge in [-0.25, -0.2) is 0 Å². The van der Waals surface area contributed by atoms with E-state index >= 15 is 0 Å². The maximum absolute atomic E-state index is 10.6. The number of carboxylic acids is 1. The van der Waals surface area contributed by atoms with Crippen LogP contribution in [0.15, 0.2) is 18.2 Å². The molecular formula is C11H15NO3. The molecule has 0 radical (unpaired) electrons. The highest BCUT2D eigenvalue weighted by Gasteiger charge is 2.24. The van der Waals surface area contributed by atoms with Gasteiger partial charge < -0.3 is 15.9 Å². The van der Waals surface area contributed by atoms with Crippen molar-refractivity contribution >= 4 is 5.97 Å². The Morgan fingerprint density at radius 2 is 2.00 bits per heavy atom. The molecule has 0 heterocycles. The van der Waals surface area contributed by atoms with E-state index in [2.05, 4.69) is 0 Å². The van der Waals surface area contributed by atoms with Gasteiger partial charge in [-0.1, -0.05) is 23.8 Å². The summed E-state index contributed by atoms with van der Waals surface area (Å²) < 4.78 is 0. The summed E-state index contributed by atoms with van der Waals surface area (Å²) in [5.41, 5.74) is 7.74. The lowest BCUT2D eigenvalue weighted by Gasteiger charge is -2.17. The van der Waals surface area contributed by atoms with Crippen LogP contribution >= 0.6 is 0 Å². The number of carbonyl (C=O) groups is 1. The zero-order valence-electron chi connectivity index (χ0n) is 8.77. The van der Waals surface area contributed by atoms with Gasteiger partial charge in [-0.05, 0) is 25.0 Å². The first-order chi connectivity index (χ1) is 6.93. The normalized spacial score (nSPS) is 14.7. The highest BCUT2D eigenvalue weighted by Crippen LogP contribution is 2.21. The van der Waals surface area contributed by atoms with Crippen LogP contribution in [-0.2, 0) is 4.79 Å². The summed E-state index contributed by atoms with van der Waals surface area (Å²) in [7, 11) is 0. The van der Waals surface area contributed by atoms with Gasteiger partial charge in [0.1, 0.15) is 12.1 Å². The second kappa shape index (κ2) is 4.42. The number of nitrogens with two attached hydrogens (primary N) is 1. The molecule has 82 valence electrons. The second-order valence-electron chi connectivity index (χ2n) is 3.67. The van der Waals surface area contributed by atoms with Crippen molar-refractivity contribution in [2.75, 3.05) is 0 Å². The number of carboxylic acid groups (broad SMARTS) is 1. The van der Waals surface area contributed by atoms with Crippen LogP contribution in [0, 0.1) is 13.8 Å². The van der Waals surface area contributed by atoms with Crippen molar-refractivity contribution in [2.24, 2.45) is 5.73 Å². The molecule has 4 N–H and O–H groups in total. The molecule has 0 aliphatic rings. The minimum atomic E-state index is -1.29. The average molecular weight is 209 g/mol. The van der Waals surface area contributed by atoms with Crippen LogP contribution in [0.4, 0.5) is 0 Å². The average Bonchev–Trinajstić information content (AvgIpc) is 2.19. The fourth-order valence-corrected chi connectivity index (χ4v) is 1.41. The molecule has 1 aromatic carbocycles. The molecule has 0 saturated carbocycles. The number of rotatable bonds is 3. The Balaban J connectivity index is 3.04. The third-order valence-electron chi connectivity index (χ3n) is 2.38. The summed E-state index contributed by atoms with van der Waals surface area (Å²) in [5.74, 6) is -1.21. The summed E-state index contributed by atoms with van der Waals surface area (Å²) >= 11 is 0. The molecule has 0 fully saturated rings. The molecule has 1 rings (SSSR count). The summed E-state index contributed by atoms with van der Waals surface area (Å²) in [6.07, 6.45) is -1.16. The number of benzene rings is 1. The van der Waals surface area contributed by atoms with Crippen molar-refractivity contribution in [1.82, 2.24) is 0 Å². The van der Waals surface area contributed by atoms with E-state index in [4.69, 9.17) is 10.8 Å². The Morgan fingerprint density at radius 3 is 2.53 bits per heavy atom. The molecule has 15 heavy (non-hydrogen) atoms. The molecule has 0 saturated heterocycles. The first-order valence-corrected chi connectivity index (χ1v) is 4.67. The highest BCUT2D eigenvalue weighted by molar-refractivity contribution is 5.74. The fraction of sp³-hybridized carbons (Fsp3) is 0.364. The maximum atomic E-state index is 10.6. The molecule has 0 bridgehead atoms. The van der Waals surface area contributed by atoms with Gasteiger partial charge in [0, 0.05) is 0 Å². The van der Waals surface area contributed by atoms with E-state index in [1.54, 1.807) is 6.07 Å². The van der Waals surface area contributed by atoms with Gasteiger partial charge in [0.05, 0.1) is 0 Å². The van der Waals surface area contributed by atoms with Crippen LogP contribution < -0.4 is 5.73 Å². The van der Waals surface area contributed by atoms with Crippen LogP contribution in [0.5, 0.6) is 0 Å². The molecule has 0 aromatic heterocycles. The first-order valence-electron chi connectivity index (χ1n) is 4.67. The van der Waals surface area contributed by atoms with Gasteiger partial charge >= 0.3 is 5.97 Å². The first kappa shape index (κ1) is 11.7. The van der Waals surface area contributed by atoms with Crippen molar-refractivity contribution in [3.8, 4) is 0 Å². The summed E-state index contributed by atoms with van der Waals surface area (Å²) in [6, 6.07) is 4.20.